The first-order chi connectivity index (χ1) is 8.72. The van der Waals surface area contributed by atoms with Gasteiger partial charge in [0.1, 0.15) is 11.8 Å². The van der Waals surface area contributed by atoms with Crippen LogP contribution in [0.3, 0.4) is 0 Å². The summed E-state index contributed by atoms with van der Waals surface area (Å²) in [6, 6.07) is 5.01. The Hall–Kier alpha value is -1.30. The summed E-state index contributed by atoms with van der Waals surface area (Å²) < 4.78 is 10.3. The maximum atomic E-state index is 11.8. The van der Waals surface area contributed by atoms with Gasteiger partial charge in [0.25, 0.3) is 0 Å². The maximum absolute atomic E-state index is 11.8. The van der Waals surface area contributed by atoms with E-state index in [2.05, 4.69) is 5.32 Å². The van der Waals surface area contributed by atoms with Gasteiger partial charge in [0.2, 0.25) is 5.91 Å². The molecule has 0 bridgehead atoms. The minimum atomic E-state index is -0.646. The van der Waals surface area contributed by atoms with Crippen LogP contribution in [0, 0.1) is 0 Å². The molecule has 1 heterocycles. The molecule has 1 aliphatic heterocycles. The van der Waals surface area contributed by atoms with Gasteiger partial charge in [-0.25, -0.2) is 0 Å². The molecule has 0 aromatic heterocycles. The number of nitrogens with two attached hydrogens (primary N) is 1. The number of methoxy groups -OCH3 is 1. The van der Waals surface area contributed by atoms with E-state index in [9.17, 15) is 4.79 Å². The fourth-order valence-corrected chi connectivity index (χ4v) is 1.94. The number of fused-ring (bicyclic) bond motifs is 1. The average molecular weight is 287 g/mol. The Labute approximate surface area is 118 Å². The zero-order valence-corrected chi connectivity index (χ0v) is 11.7. The van der Waals surface area contributed by atoms with E-state index < -0.39 is 6.04 Å². The van der Waals surface area contributed by atoms with Crippen LogP contribution in [0.1, 0.15) is 17.2 Å². The fraction of sp³-hybridized carbons (Fsp3) is 0.462. The first-order valence-corrected chi connectivity index (χ1v) is 6.00. The number of halogens is 1. The Morgan fingerprint density at radius 3 is 3.11 bits per heavy atom. The summed E-state index contributed by atoms with van der Waals surface area (Å²) in [4.78, 5) is 11.8. The molecule has 1 aromatic rings. The van der Waals surface area contributed by atoms with E-state index >= 15 is 0 Å². The first-order valence-electron chi connectivity index (χ1n) is 6.00. The second-order valence-corrected chi connectivity index (χ2v) is 4.23. The largest absolute Gasteiger partial charge is 0.493 e. The molecule has 0 spiro atoms. The molecule has 1 amide bonds. The van der Waals surface area contributed by atoms with E-state index in [1.165, 1.54) is 0 Å². The molecule has 0 saturated carbocycles. The fourth-order valence-electron chi connectivity index (χ4n) is 1.94. The highest BCUT2D eigenvalue weighted by Crippen LogP contribution is 2.27. The standard InChI is InChI=1S/C13H18N2O3.ClH/c1-17-7-5-15-13(16)12(14)10-2-3-11-9(8-10)4-6-18-11;/h2-3,8,12H,4-7,14H2,1H3,(H,15,16);1H. The van der Waals surface area contributed by atoms with E-state index in [1.807, 2.05) is 18.2 Å². The Bertz CT molecular complexity index is 440. The smallest absolute Gasteiger partial charge is 0.241 e. The summed E-state index contributed by atoms with van der Waals surface area (Å²) in [5.74, 6) is 0.705. The van der Waals surface area contributed by atoms with Crippen LogP contribution in [-0.2, 0) is 16.0 Å². The van der Waals surface area contributed by atoms with Crippen molar-refractivity contribution < 1.29 is 14.3 Å². The van der Waals surface area contributed by atoms with Gasteiger partial charge < -0.3 is 20.5 Å². The SMILES string of the molecule is COCCNC(=O)C(N)c1ccc2c(c1)CCO2.Cl. The highest BCUT2D eigenvalue weighted by Gasteiger charge is 2.19. The number of rotatable bonds is 5. The molecule has 1 aliphatic rings. The van der Waals surface area contributed by atoms with Gasteiger partial charge in [0, 0.05) is 20.1 Å². The molecule has 0 aliphatic carbocycles. The van der Waals surface area contributed by atoms with Gasteiger partial charge in [-0.05, 0) is 23.3 Å². The van der Waals surface area contributed by atoms with Gasteiger partial charge >= 0.3 is 0 Å². The molecule has 0 radical (unpaired) electrons. The highest BCUT2D eigenvalue weighted by atomic mass is 35.5. The lowest BCUT2D eigenvalue weighted by molar-refractivity contribution is -0.122. The lowest BCUT2D eigenvalue weighted by Gasteiger charge is -2.13. The van der Waals surface area contributed by atoms with Crippen LogP contribution in [0.2, 0.25) is 0 Å². The Kier molecular flexibility index (Phi) is 6.08. The van der Waals surface area contributed by atoms with Crippen molar-refractivity contribution >= 4 is 18.3 Å². The monoisotopic (exact) mass is 286 g/mol. The maximum Gasteiger partial charge on any atom is 0.241 e. The van der Waals surface area contributed by atoms with Crippen LogP contribution in [0.4, 0.5) is 0 Å². The Morgan fingerprint density at radius 1 is 1.58 bits per heavy atom. The molecule has 3 N–H and O–H groups in total. The average Bonchev–Trinajstić information content (AvgIpc) is 2.85. The van der Waals surface area contributed by atoms with Crippen molar-refractivity contribution in [2.45, 2.75) is 12.5 Å². The molecule has 0 saturated heterocycles. The second-order valence-electron chi connectivity index (χ2n) is 4.23. The molecule has 1 aromatic carbocycles. The predicted molar refractivity (Wildman–Crippen MR) is 74.7 cm³/mol. The van der Waals surface area contributed by atoms with Gasteiger partial charge in [-0.15, -0.1) is 12.4 Å². The summed E-state index contributed by atoms with van der Waals surface area (Å²) in [7, 11) is 1.59. The molecule has 0 fully saturated rings. The quantitative estimate of drug-likeness (QED) is 0.786. The van der Waals surface area contributed by atoms with Crippen molar-refractivity contribution in [3.8, 4) is 5.75 Å². The van der Waals surface area contributed by atoms with Crippen molar-refractivity contribution in [2.75, 3.05) is 26.9 Å². The topological polar surface area (TPSA) is 73.6 Å². The molecule has 6 heteroatoms. The number of carbonyl (C=O) groups excluding carboxylic acids is 1. The van der Waals surface area contributed by atoms with E-state index in [4.69, 9.17) is 15.2 Å². The number of amides is 1. The van der Waals surface area contributed by atoms with Gasteiger partial charge in [-0.3, -0.25) is 4.79 Å². The lowest BCUT2D eigenvalue weighted by atomic mass is 10.0. The van der Waals surface area contributed by atoms with E-state index in [0.29, 0.717) is 19.8 Å². The number of hydrogen-bond donors (Lipinski definition) is 2. The van der Waals surface area contributed by atoms with Crippen LogP contribution in [0.5, 0.6) is 5.75 Å². The number of carbonyl (C=O) groups is 1. The summed E-state index contributed by atoms with van der Waals surface area (Å²) >= 11 is 0. The van der Waals surface area contributed by atoms with Gasteiger partial charge in [-0.1, -0.05) is 6.07 Å². The molecule has 106 valence electrons. The zero-order valence-electron chi connectivity index (χ0n) is 10.8. The Morgan fingerprint density at radius 2 is 2.37 bits per heavy atom. The Balaban J connectivity index is 0.00000180. The minimum Gasteiger partial charge on any atom is -0.493 e. The van der Waals surface area contributed by atoms with Crippen LogP contribution in [0.15, 0.2) is 18.2 Å². The van der Waals surface area contributed by atoms with Crippen LogP contribution in [0.25, 0.3) is 0 Å². The minimum absolute atomic E-state index is 0. The van der Waals surface area contributed by atoms with Crippen LogP contribution < -0.4 is 15.8 Å². The van der Waals surface area contributed by atoms with Gasteiger partial charge in [0.15, 0.2) is 0 Å². The van der Waals surface area contributed by atoms with E-state index in [1.54, 1.807) is 7.11 Å². The summed E-state index contributed by atoms with van der Waals surface area (Å²) in [6.07, 6.45) is 0.876. The highest BCUT2D eigenvalue weighted by molar-refractivity contribution is 5.85. The lowest BCUT2D eigenvalue weighted by Crippen LogP contribution is -2.35. The number of ether oxygens (including phenoxy) is 2. The number of nitrogens with one attached hydrogen (secondary N) is 1. The van der Waals surface area contributed by atoms with Crippen molar-refractivity contribution in [2.24, 2.45) is 5.73 Å². The molecule has 5 nitrogen and oxygen atoms in total. The van der Waals surface area contributed by atoms with Crippen molar-refractivity contribution in [1.82, 2.24) is 5.32 Å². The zero-order chi connectivity index (χ0) is 13.0. The van der Waals surface area contributed by atoms with Crippen LogP contribution >= 0.6 is 12.4 Å². The molecular weight excluding hydrogens is 268 g/mol. The predicted octanol–water partition coefficient (Wildman–Crippen LogP) is 0.806. The van der Waals surface area contributed by atoms with Crippen molar-refractivity contribution in [3.63, 3.8) is 0 Å². The van der Waals surface area contributed by atoms with Gasteiger partial charge in [-0.2, -0.15) is 0 Å². The number of benzene rings is 1. The summed E-state index contributed by atoms with van der Waals surface area (Å²) in [6.45, 7) is 1.65. The molecule has 2 rings (SSSR count). The molecular formula is C13H19ClN2O3. The van der Waals surface area contributed by atoms with Crippen LogP contribution in [-0.4, -0.2) is 32.8 Å². The van der Waals surface area contributed by atoms with Gasteiger partial charge in [0.05, 0.1) is 13.2 Å². The van der Waals surface area contributed by atoms with Crippen molar-refractivity contribution in [1.29, 1.82) is 0 Å². The van der Waals surface area contributed by atoms with Crippen molar-refractivity contribution in [3.05, 3.63) is 29.3 Å². The summed E-state index contributed by atoms with van der Waals surface area (Å²) in [5, 5.41) is 2.73. The molecule has 1 atom stereocenters. The third-order valence-electron chi connectivity index (χ3n) is 2.96. The second kappa shape index (κ2) is 7.33. The van der Waals surface area contributed by atoms with E-state index in [0.717, 1.165) is 23.3 Å². The first kappa shape index (κ1) is 15.8. The molecule has 19 heavy (non-hydrogen) atoms. The molecule has 1 unspecified atom stereocenters. The number of hydrogen-bond acceptors (Lipinski definition) is 4. The van der Waals surface area contributed by atoms with E-state index in [-0.39, 0.29) is 18.3 Å². The summed E-state index contributed by atoms with van der Waals surface area (Å²) in [5.41, 5.74) is 7.85. The third kappa shape index (κ3) is 3.83. The third-order valence-corrected chi connectivity index (χ3v) is 2.96. The normalized spacial score (nSPS) is 14.0.